The monoisotopic (exact) mass is 231 g/mol. The minimum atomic E-state index is 0.332. The van der Waals surface area contributed by atoms with Gasteiger partial charge in [-0.05, 0) is 36.5 Å². The Morgan fingerprint density at radius 3 is 2.88 bits per heavy atom. The zero-order valence-electron chi connectivity index (χ0n) is 10.7. The van der Waals surface area contributed by atoms with Crippen molar-refractivity contribution in [3.05, 3.63) is 29.8 Å². The molecule has 1 unspecified atom stereocenters. The van der Waals surface area contributed by atoms with Crippen molar-refractivity contribution in [2.24, 2.45) is 0 Å². The zero-order valence-corrected chi connectivity index (χ0v) is 10.7. The molecule has 1 saturated carbocycles. The lowest BCUT2D eigenvalue weighted by Gasteiger charge is -2.23. The van der Waals surface area contributed by atoms with E-state index in [0.717, 1.165) is 24.9 Å². The summed E-state index contributed by atoms with van der Waals surface area (Å²) in [6.07, 6.45) is 3.59. The molecule has 0 aliphatic heterocycles. The summed E-state index contributed by atoms with van der Waals surface area (Å²) in [5, 5.41) is 3.49. The van der Waals surface area contributed by atoms with Crippen molar-refractivity contribution >= 4 is 11.5 Å². The van der Waals surface area contributed by atoms with Crippen molar-refractivity contribution in [3.8, 4) is 0 Å². The third-order valence-electron chi connectivity index (χ3n) is 3.41. The normalized spacial score (nSPS) is 20.6. The molecule has 0 radical (unpaired) electrons. The van der Waals surface area contributed by atoms with Crippen molar-refractivity contribution in [1.82, 2.24) is 0 Å². The van der Waals surface area contributed by atoms with Crippen LogP contribution in [0.2, 0.25) is 0 Å². The van der Waals surface area contributed by atoms with E-state index in [4.69, 9.17) is 0 Å². The maximum absolute atomic E-state index is 11.4. The first-order chi connectivity index (χ1) is 8.15. The number of rotatable bonds is 3. The highest BCUT2D eigenvalue weighted by atomic mass is 16.1. The Balaban J connectivity index is 2.02. The van der Waals surface area contributed by atoms with E-state index in [1.807, 2.05) is 0 Å². The summed E-state index contributed by atoms with van der Waals surface area (Å²) in [7, 11) is 0. The first-order valence-electron chi connectivity index (χ1n) is 6.53. The molecule has 0 amide bonds. The van der Waals surface area contributed by atoms with Gasteiger partial charge in [-0.1, -0.05) is 26.0 Å². The van der Waals surface area contributed by atoms with E-state index in [1.54, 1.807) is 0 Å². The second-order valence-electron chi connectivity index (χ2n) is 5.26. The van der Waals surface area contributed by atoms with Gasteiger partial charge >= 0.3 is 0 Å². The van der Waals surface area contributed by atoms with Gasteiger partial charge in [0.05, 0.1) is 0 Å². The third-order valence-corrected chi connectivity index (χ3v) is 3.41. The number of Topliss-reactive ketones (excluding diaryl/α,β-unsaturated/α-hetero) is 1. The fraction of sp³-hybridized carbons (Fsp3) is 0.533. The molecule has 1 aliphatic carbocycles. The SMILES string of the molecule is CC(C)c1cccc(NC2CCCC(=O)C2)c1. The molecule has 2 heteroatoms. The summed E-state index contributed by atoms with van der Waals surface area (Å²) >= 11 is 0. The predicted molar refractivity (Wildman–Crippen MR) is 71.4 cm³/mol. The first-order valence-corrected chi connectivity index (χ1v) is 6.53. The van der Waals surface area contributed by atoms with Gasteiger partial charge in [-0.3, -0.25) is 4.79 Å². The summed E-state index contributed by atoms with van der Waals surface area (Å²) in [5.41, 5.74) is 2.49. The fourth-order valence-electron chi connectivity index (χ4n) is 2.37. The van der Waals surface area contributed by atoms with E-state index in [9.17, 15) is 4.79 Å². The molecule has 1 fully saturated rings. The first kappa shape index (κ1) is 12.2. The summed E-state index contributed by atoms with van der Waals surface area (Å²) < 4.78 is 0. The van der Waals surface area contributed by atoms with Crippen molar-refractivity contribution in [1.29, 1.82) is 0 Å². The highest BCUT2D eigenvalue weighted by molar-refractivity contribution is 5.80. The maximum atomic E-state index is 11.4. The standard InChI is InChI=1S/C15H21NO/c1-11(2)12-5-3-6-13(9-12)16-14-7-4-8-15(17)10-14/h3,5-6,9,11,14,16H,4,7-8,10H2,1-2H3. The Bertz CT molecular complexity index is 398. The number of ketones is 1. The molecule has 17 heavy (non-hydrogen) atoms. The van der Waals surface area contributed by atoms with Gasteiger partial charge in [0.2, 0.25) is 0 Å². The second-order valence-corrected chi connectivity index (χ2v) is 5.26. The van der Waals surface area contributed by atoms with Crippen molar-refractivity contribution in [3.63, 3.8) is 0 Å². The summed E-state index contributed by atoms with van der Waals surface area (Å²) in [4.78, 5) is 11.4. The molecule has 2 rings (SSSR count). The number of hydrogen-bond donors (Lipinski definition) is 1. The van der Waals surface area contributed by atoms with Crippen LogP contribution in [0, 0.1) is 0 Å². The highest BCUT2D eigenvalue weighted by Crippen LogP contribution is 2.22. The Morgan fingerprint density at radius 2 is 2.18 bits per heavy atom. The molecule has 1 N–H and O–H groups in total. The molecule has 0 spiro atoms. The summed E-state index contributed by atoms with van der Waals surface area (Å²) in [6.45, 7) is 4.40. The summed E-state index contributed by atoms with van der Waals surface area (Å²) in [5.74, 6) is 0.943. The van der Waals surface area contributed by atoms with E-state index >= 15 is 0 Å². The van der Waals surface area contributed by atoms with Gasteiger partial charge in [0, 0.05) is 24.6 Å². The van der Waals surface area contributed by atoms with Crippen molar-refractivity contribution < 1.29 is 4.79 Å². The van der Waals surface area contributed by atoms with Crippen LogP contribution in [0.4, 0.5) is 5.69 Å². The lowest BCUT2D eigenvalue weighted by molar-refractivity contribution is -0.120. The smallest absolute Gasteiger partial charge is 0.134 e. The van der Waals surface area contributed by atoms with E-state index in [0.29, 0.717) is 24.2 Å². The van der Waals surface area contributed by atoms with Crippen LogP contribution in [0.5, 0.6) is 0 Å². The zero-order chi connectivity index (χ0) is 12.3. The Morgan fingerprint density at radius 1 is 1.35 bits per heavy atom. The molecule has 0 heterocycles. The highest BCUT2D eigenvalue weighted by Gasteiger charge is 2.19. The molecule has 2 nitrogen and oxygen atoms in total. The predicted octanol–water partition coefficient (Wildman–Crippen LogP) is 3.73. The molecule has 0 saturated heterocycles. The van der Waals surface area contributed by atoms with E-state index < -0.39 is 0 Å². The minimum absolute atomic E-state index is 0.332. The van der Waals surface area contributed by atoms with E-state index in [2.05, 4.69) is 43.4 Å². The van der Waals surface area contributed by atoms with Gasteiger partial charge in [-0.15, -0.1) is 0 Å². The number of anilines is 1. The van der Waals surface area contributed by atoms with Gasteiger partial charge in [0.15, 0.2) is 0 Å². The van der Waals surface area contributed by atoms with Gasteiger partial charge in [-0.25, -0.2) is 0 Å². The molecule has 0 aromatic heterocycles. The van der Waals surface area contributed by atoms with Gasteiger partial charge in [-0.2, -0.15) is 0 Å². The van der Waals surface area contributed by atoms with Crippen molar-refractivity contribution in [2.75, 3.05) is 5.32 Å². The van der Waals surface area contributed by atoms with Crippen LogP contribution in [0.25, 0.3) is 0 Å². The van der Waals surface area contributed by atoms with Crippen LogP contribution in [-0.2, 0) is 4.79 Å². The minimum Gasteiger partial charge on any atom is -0.382 e. The van der Waals surface area contributed by atoms with Crippen LogP contribution < -0.4 is 5.32 Å². The second kappa shape index (κ2) is 5.35. The molecular weight excluding hydrogens is 210 g/mol. The number of carbonyl (C=O) groups excluding carboxylic acids is 1. The Kier molecular flexibility index (Phi) is 3.82. The lowest BCUT2D eigenvalue weighted by Crippen LogP contribution is -2.27. The molecule has 1 atom stereocenters. The number of nitrogens with one attached hydrogen (secondary N) is 1. The molecule has 92 valence electrons. The molecular formula is C15H21NO. The summed E-state index contributed by atoms with van der Waals surface area (Å²) in [6, 6.07) is 8.86. The fourth-order valence-corrected chi connectivity index (χ4v) is 2.37. The van der Waals surface area contributed by atoms with Gasteiger partial charge in [0.25, 0.3) is 0 Å². The van der Waals surface area contributed by atoms with Crippen LogP contribution in [-0.4, -0.2) is 11.8 Å². The topological polar surface area (TPSA) is 29.1 Å². The van der Waals surface area contributed by atoms with Crippen LogP contribution in [0.1, 0.15) is 51.0 Å². The molecule has 1 aliphatic rings. The van der Waals surface area contributed by atoms with E-state index in [-0.39, 0.29) is 0 Å². The maximum Gasteiger partial charge on any atom is 0.134 e. The third kappa shape index (κ3) is 3.32. The molecule has 1 aromatic rings. The van der Waals surface area contributed by atoms with Crippen molar-refractivity contribution in [2.45, 2.75) is 51.5 Å². The average Bonchev–Trinajstić information content (AvgIpc) is 2.29. The van der Waals surface area contributed by atoms with Gasteiger partial charge in [0.1, 0.15) is 5.78 Å². The Labute approximate surface area is 103 Å². The largest absolute Gasteiger partial charge is 0.382 e. The number of carbonyl (C=O) groups is 1. The Hall–Kier alpha value is -1.31. The number of hydrogen-bond acceptors (Lipinski definition) is 2. The quantitative estimate of drug-likeness (QED) is 0.858. The molecule has 0 bridgehead atoms. The van der Waals surface area contributed by atoms with Gasteiger partial charge < -0.3 is 5.32 Å². The lowest BCUT2D eigenvalue weighted by atomic mass is 9.94. The number of benzene rings is 1. The van der Waals surface area contributed by atoms with Crippen LogP contribution >= 0.6 is 0 Å². The van der Waals surface area contributed by atoms with Crippen LogP contribution in [0.3, 0.4) is 0 Å². The van der Waals surface area contributed by atoms with Crippen LogP contribution in [0.15, 0.2) is 24.3 Å². The van der Waals surface area contributed by atoms with E-state index in [1.165, 1.54) is 5.56 Å². The average molecular weight is 231 g/mol. The molecule has 1 aromatic carbocycles.